The lowest BCUT2D eigenvalue weighted by molar-refractivity contribution is 0.245. The van der Waals surface area contributed by atoms with Crippen molar-refractivity contribution >= 4 is 11.7 Å². The van der Waals surface area contributed by atoms with E-state index in [-0.39, 0.29) is 11.8 Å². The van der Waals surface area contributed by atoms with Crippen LogP contribution in [0.2, 0.25) is 0 Å². The van der Waals surface area contributed by atoms with E-state index >= 15 is 0 Å². The zero-order valence-electron chi connectivity index (χ0n) is 12.1. The second-order valence-corrected chi connectivity index (χ2v) is 4.79. The molecule has 110 valence electrons. The van der Waals surface area contributed by atoms with Crippen LogP contribution in [0.15, 0.2) is 54.6 Å². The van der Waals surface area contributed by atoms with E-state index in [4.69, 9.17) is 0 Å². The molecule has 2 N–H and O–H groups in total. The molecule has 0 aliphatic heterocycles. The molecule has 0 saturated heterocycles. The van der Waals surface area contributed by atoms with Gasteiger partial charge >= 0.3 is 6.03 Å². The van der Waals surface area contributed by atoms with E-state index in [0.29, 0.717) is 18.8 Å². The summed E-state index contributed by atoms with van der Waals surface area (Å²) in [6, 6.07) is 16.4. The number of rotatable bonds is 5. The van der Waals surface area contributed by atoms with Crippen LogP contribution >= 0.6 is 0 Å². The number of carbonyl (C=O) groups excluding carboxylic acids is 1. The predicted octanol–water partition coefficient (Wildman–Crippen LogP) is 3.52. The maximum atomic E-state index is 12.4. The second-order valence-electron chi connectivity index (χ2n) is 4.79. The first-order chi connectivity index (χ1) is 10.2. The van der Waals surface area contributed by atoms with Gasteiger partial charge in [0, 0.05) is 6.54 Å². The third-order valence-electron chi connectivity index (χ3n) is 3.13. The minimum absolute atomic E-state index is 0.0973. The summed E-state index contributed by atoms with van der Waals surface area (Å²) in [7, 11) is 0. The van der Waals surface area contributed by atoms with Gasteiger partial charge in [0.25, 0.3) is 0 Å². The molecule has 0 heterocycles. The van der Waals surface area contributed by atoms with Gasteiger partial charge in [-0.2, -0.15) is 0 Å². The van der Waals surface area contributed by atoms with E-state index in [2.05, 4.69) is 5.32 Å². The largest absolute Gasteiger partial charge is 0.506 e. The van der Waals surface area contributed by atoms with Gasteiger partial charge in [0.1, 0.15) is 5.75 Å². The first kappa shape index (κ1) is 14.9. The zero-order valence-corrected chi connectivity index (χ0v) is 12.1. The number of hydrogen-bond donors (Lipinski definition) is 2. The number of aromatic hydroxyl groups is 1. The van der Waals surface area contributed by atoms with Crippen LogP contribution in [0.5, 0.6) is 5.75 Å². The smallest absolute Gasteiger partial charge is 0.322 e. The highest BCUT2D eigenvalue weighted by Crippen LogP contribution is 2.27. The fourth-order valence-corrected chi connectivity index (χ4v) is 2.05. The summed E-state index contributed by atoms with van der Waals surface area (Å²) in [4.78, 5) is 13.9. The van der Waals surface area contributed by atoms with Crippen molar-refractivity contribution in [3.63, 3.8) is 0 Å². The maximum absolute atomic E-state index is 12.4. The van der Waals surface area contributed by atoms with Crippen molar-refractivity contribution in [2.24, 2.45) is 0 Å². The Labute approximate surface area is 125 Å². The Morgan fingerprint density at radius 2 is 1.76 bits per heavy atom. The predicted molar refractivity (Wildman–Crippen MR) is 84.4 cm³/mol. The fourth-order valence-electron chi connectivity index (χ4n) is 2.05. The normalized spacial score (nSPS) is 10.1. The molecular formula is C17H20N2O2. The number of urea groups is 1. The standard InChI is InChI=1S/C17H20N2O2/c1-2-12-18-17(21)19(13-14-8-4-3-5-9-14)15-10-6-7-11-16(15)20/h3-11,20H,2,12-13H2,1H3,(H,18,21). The Morgan fingerprint density at radius 3 is 2.43 bits per heavy atom. The van der Waals surface area contributed by atoms with Crippen LogP contribution in [0.4, 0.5) is 10.5 Å². The van der Waals surface area contributed by atoms with E-state index in [9.17, 15) is 9.90 Å². The number of nitrogens with zero attached hydrogens (tertiary/aromatic N) is 1. The molecule has 0 aliphatic carbocycles. The Bertz CT molecular complexity index is 584. The number of phenolic OH excluding ortho intramolecular Hbond substituents is 1. The monoisotopic (exact) mass is 284 g/mol. The molecule has 21 heavy (non-hydrogen) atoms. The van der Waals surface area contributed by atoms with E-state index < -0.39 is 0 Å². The highest BCUT2D eigenvalue weighted by molar-refractivity contribution is 5.93. The number of benzene rings is 2. The van der Waals surface area contributed by atoms with E-state index in [1.54, 1.807) is 29.2 Å². The molecule has 4 heteroatoms. The first-order valence-corrected chi connectivity index (χ1v) is 7.09. The Kier molecular flexibility index (Phi) is 5.21. The molecule has 4 nitrogen and oxygen atoms in total. The summed E-state index contributed by atoms with van der Waals surface area (Å²) in [6.07, 6.45) is 0.867. The van der Waals surface area contributed by atoms with Crippen molar-refractivity contribution in [3.05, 3.63) is 60.2 Å². The molecule has 2 aromatic carbocycles. The minimum Gasteiger partial charge on any atom is -0.506 e. The SMILES string of the molecule is CCCNC(=O)N(Cc1ccccc1)c1ccccc1O. The number of hydrogen-bond acceptors (Lipinski definition) is 2. The maximum Gasteiger partial charge on any atom is 0.322 e. The van der Waals surface area contributed by atoms with E-state index in [1.807, 2.05) is 37.3 Å². The molecule has 2 amide bonds. The molecule has 0 aromatic heterocycles. The van der Waals surface area contributed by atoms with Crippen molar-refractivity contribution in [3.8, 4) is 5.75 Å². The van der Waals surface area contributed by atoms with Crippen LogP contribution < -0.4 is 10.2 Å². The molecule has 0 unspecified atom stereocenters. The summed E-state index contributed by atoms with van der Waals surface area (Å²) in [5, 5.41) is 12.9. The van der Waals surface area contributed by atoms with Gasteiger partial charge in [-0.25, -0.2) is 4.79 Å². The van der Waals surface area contributed by atoms with Gasteiger partial charge in [-0.05, 0) is 24.1 Å². The number of carbonyl (C=O) groups is 1. The molecule has 0 radical (unpaired) electrons. The summed E-state index contributed by atoms with van der Waals surface area (Å²) < 4.78 is 0. The van der Waals surface area contributed by atoms with Gasteiger partial charge in [0.05, 0.1) is 12.2 Å². The van der Waals surface area contributed by atoms with Crippen LogP contribution in [0.25, 0.3) is 0 Å². The lowest BCUT2D eigenvalue weighted by atomic mass is 10.2. The highest BCUT2D eigenvalue weighted by atomic mass is 16.3. The second kappa shape index (κ2) is 7.33. The molecular weight excluding hydrogens is 264 g/mol. The molecule has 0 fully saturated rings. The zero-order chi connectivity index (χ0) is 15.1. The topological polar surface area (TPSA) is 52.6 Å². The van der Waals surface area contributed by atoms with Gasteiger partial charge in [0.2, 0.25) is 0 Å². The molecule has 0 atom stereocenters. The minimum atomic E-state index is -0.206. The van der Waals surface area contributed by atoms with Crippen molar-refractivity contribution in [1.82, 2.24) is 5.32 Å². The lowest BCUT2D eigenvalue weighted by Gasteiger charge is -2.24. The van der Waals surface area contributed by atoms with Crippen LogP contribution in [-0.2, 0) is 6.54 Å². The lowest BCUT2D eigenvalue weighted by Crippen LogP contribution is -2.40. The van der Waals surface area contributed by atoms with E-state index in [1.165, 1.54) is 0 Å². The Morgan fingerprint density at radius 1 is 1.10 bits per heavy atom. The van der Waals surface area contributed by atoms with Gasteiger partial charge < -0.3 is 10.4 Å². The number of amides is 2. The van der Waals surface area contributed by atoms with E-state index in [0.717, 1.165) is 12.0 Å². The number of phenols is 1. The Hall–Kier alpha value is -2.49. The highest BCUT2D eigenvalue weighted by Gasteiger charge is 2.18. The van der Waals surface area contributed by atoms with Crippen molar-refractivity contribution in [2.75, 3.05) is 11.4 Å². The number of para-hydroxylation sites is 2. The molecule has 0 spiro atoms. The summed E-state index contributed by atoms with van der Waals surface area (Å²) in [5.41, 5.74) is 1.52. The third-order valence-corrected chi connectivity index (χ3v) is 3.13. The third kappa shape index (κ3) is 3.99. The molecule has 0 bridgehead atoms. The first-order valence-electron chi connectivity index (χ1n) is 7.09. The van der Waals surface area contributed by atoms with Crippen LogP contribution in [0.3, 0.4) is 0 Å². The van der Waals surface area contributed by atoms with Crippen molar-refractivity contribution in [1.29, 1.82) is 0 Å². The number of anilines is 1. The summed E-state index contributed by atoms with van der Waals surface area (Å²) in [6.45, 7) is 3.02. The van der Waals surface area contributed by atoms with Gasteiger partial charge in [-0.15, -0.1) is 0 Å². The van der Waals surface area contributed by atoms with Crippen LogP contribution in [0.1, 0.15) is 18.9 Å². The number of nitrogens with one attached hydrogen (secondary N) is 1. The summed E-state index contributed by atoms with van der Waals surface area (Å²) in [5.74, 6) is 0.0973. The average molecular weight is 284 g/mol. The molecule has 2 rings (SSSR count). The molecule has 0 saturated carbocycles. The summed E-state index contributed by atoms with van der Waals surface area (Å²) >= 11 is 0. The van der Waals surface area contributed by atoms with Gasteiger partial charge in [-0.1, -0.05) is 49.4 Å². The van der Waals surface area contributed by atoms with Gasteiger partial charge in [0.15, 0.2) is 0 Å². The fraction of sp³-hybridized carbons (Fsp3) is 0.235. The Balaban J connectivity index is 2.26. The van der Waals surface area contributed by atoms with Crippen molar-refractivity contribution < 1.29 is 9.90 Å². The van der Waals surface area contributed by atoms with Gasteiger partial charge in [-0.3, -0.25) is 4.90 Å². The van der Waals surface area contributed by atoms with Crippen LogP contribution in [-0.4, -0.2) is 17.7 Å². The van der Waals surface area contributed by atoms with Crippen molar-refractivity contribution in [2.45, 2.75) is 19.9 Å². The quantitative estimate of drug-likeness (QED) is 0.882. The average Bonchev–Trinajstić information content (AvgIpc) is 2.52. The van der Waals surface area contributed by atoms with Crippen LogP contribution in [0, 0.1) is 0 Å². The molecule has 2 aromatic rings. The molecule has 0 aliphatic rings.